The molecule has 24 heavy (non-hydrogen) atoms. The number of hydrogen-bond acceptors (Lipinski definition) is 3. The molecule has 6 rings (SSSR count). The summed E-state index contributed by atoms with van der Waals surface area (Å²) in [6.45, 7) is 2.36. The van der Waals surface area contributed by atoms with Crippen molar-refractivity contribution in [3.05, 3.63) is 33.9 Å². The maximum atomic E-state index is 13.6. The monoisotopic (exact) mass is 364 g/mol. The molecule has 2 bridgehead atoms. The highest BCUT2D eigenvalue weighted by Gasteiger charge is 2.60. The number of benzene rings is 1. The van der Waals surface area contributed by atoms with Gasteiger partial charge >= 0.3 is 0 Å². The Hall–Kier alpha value is -1.17. The van der Waals surface area contributed by atoms with E-state index in [4.69, 9.17) is 11.6 Å². The number of thiophene rings is 1. The molecule has 3 nitrogen and oxygen atoms in total. The molecule has 0 unspecified atom stereocenters. The van der Waals surface area contributed by atoms with Crippen LogP contribution in [0.15, 0.2) is 18.2 Å². The first-order valence-corrected chi connectivity index (χ1v) is 9.71. The average molecular weight is 365 g/mol. The Morgan fingerprint density at radius 1 is 1.29 bits per heavy atom. The number of rotatable bonds is 2. The lowest BCUT2D eigenvalue weighted by Crippen LogP contribution is -2.65. The molecule has 1 amide bonds. The Balaban J connectivity index is 1.43. The van der Waals surface area contributed by atoms with Crippen molar-refractivity contribution in [2.24, 2.45) is 5.92 Å². The van der Waals surface area contributed by atoms with Crippen LogP contribution in [0.5, 0.6) is 0 Å². The molecular weight excluding hydrogens is 347 g/mol. The molecule has 4 heterocycles. The van der Waals surface area contributed by atoms with Gasteiger partial charge in [-0.1, -0.05) is 11.6 Å². The third-order valence-electron chi connectivity index (χ3n) is 6.05. The smallest absolute Gasteiger partial charge is 0.261 e. The lowest BCUT2D eigenvalue weighted by molar-refractivity contribution is -0.00138. The first-order valence-electron chi connectivity index (χ1n) is 8.51. The molecule has 1 spiro atoms. The molecule has 3 saturated heterocycles. The fraction of sp³-hybridized carbons (Fsp3) is 0.500. The predicted octanol–water partition coefficient (Wildman–Crippen LogP) is 4.05. The molecule has 1 aromatic heterocycles. The maximum absolute atomic E-state index is 13.6. The second-order valence-electron chi connectivity index (χ2n) is 7.29. The molecule has 6 heteroatoms. The van der Waals surface area contributed by atoms with E-state index in [0.29, 0.717) is 10.8 Å². The summed E-state index contributed by atoms with van der Waals surface area (Å²) in [7, 11) is 0. The normalized spacial score (nSPS) is 30.0. The number of piperidine rings is 3. The zero-order chi connectivity index (χ0) is 16.5. The molecule has 1 saturated carbocycles. The lowest BCUT2D eigenvalue weighted by atomic mass is 9.77. The number of fused-ring (bicyclic) bond motifs is 3. The van der Waals surface area contributed by atoms with Crippen LogP contribution < -0.4 is 5.32 Å². The van der Waals surface area contributed by atoms with Gasteiger partial charge in [-0.2, -0.15) is 0 Å². The first-order chi connectivity index (χ1) is 11.6. The lowest BCUT2D eigenvalue weighted by Gasteiger charge is -2.52. The Labute approximate surface area is 148 Å². The molecule has 1 aromatic carbocycles. The van der Waals surface area contributed by atoms with Gasteiger partial charge in [0.1, 0.15) is 5.82 Å². The summed E-state index contributed by atoms with van der Waals surface area (Å²) < 4.78 is 14.5. The minimum absolute atomic E-state index is 0.0299. The van der Waals surface area contributed by atoms with Crippen molar-refractivity contribution < 1.29 is 9.18 Å². The average Bonchev–Trinajstić information content (AvgIpc) is 3.25. The van der Waals surface area contributed by atoms with E-state index in [0.717, 1.165) is 10.1 Å². The number of hydrogen-bond donors (Lipinski definition) is 1. The topological polar surface area (TPSA) is 32.3 Å². The van der Waals surface area contributed by atoms with Gasteiger partial charge in [-0.05, 0) is 68.3 Å². The summed E-state index contributed by atoms with van der Waals surface area (Å²) in [5.74, 6) is 0.128. The quantitative estimate of drug-likeness (QED) is 0.871. The summed E-state index contributed by atoms with van der Waals surface area (Å²) in [5, 5.41) is 4.15. The molecule has 1 atom stereocenters. The van der Waals surface area contributed by atoms with Gasteiger partial charge in [-0.15, -0.1) is 11.3 Å². The molecule has 1 aliphatic carbocycles. The van der Waals surface area contributed by atoms with Gasteiger partial charge < -0.3 is 5.32 Å². The Morgan fingerprint density at radius 3 is 2.75 bits per heavy atom. The van der Waals surface area contributed by atoms with Crippen LogP contribution in [0.1, 0.15) is 35.4 Å². The van der Waals surface area contributed by atoms with Crippen molar-refractivity contribution in [2.75, 3.05) is 13.1 Å². The van der Waals surface area contributed by atoms with E-state index < -0.39 is 5.82 Å². The Bertz CT molecular complexity index is 800. The van der Waals surface area contributed by atoms with Gasteiger partial charge in [0.25, 0.3) is 5.91 Å². The molecule has 3 aliphatic heterocycles. The van der Waals surface area contributed by atoms with Crippen LogP contribution in [0.3, 0.4) is 0 Å². The molecular formula is C18H18ClFN2OS. The highest BCUT2D eigenvalue weighted by Crippen LogP contribution is 2.53. The van der Waals surface area contributed by atoms with Crippen molar-refractivity contribution >= 4 is 38.9 Å². The van der Waals surface area contributed by atoms with Crippen LogP contribution in [-0.4, -0.2) is 35.5 Å². The van der Waals surface area contributed by atoms with E-state index in [2.05, 4.69) is 10.2 Å². The molecule has 2 aromatic rings. The van der Waals surface area contributed by atoms with Crippen LogP contribution in [0.25, 0.3) is 10.1 Å². The number of halogens is 2. The van der Waals surface area contributed by atoms with E-state index in [1.807, 2.05) is 0 Å². The Morgan fingerprint density at radius 2 is 2.04 bits per heavy atom. The van der Waals surface area contributed by atoms with Gasteiger partial charge in [0.15, 0.2) is 0 Å². The minimum Gasteiger partial charge on any atom is -0.346 e. The molecule has 0 radical (unpaired) electrons. The van der Waals surface area contributed by atoms with Crippen LogP contribution in [0.2, 0.25) is 5.02 Å². The largest absolute Gasteiger partial charge is 0.346 e. The molecule has 4 aliphatic rings. The highest BCUT2D eigenvalue weighted by atomic mass is 35.5. The second kappa shape index (κ2) is 5.16. The first kappa shape index (κ1) is 15.1. The third kappa shape index (κ3) is 2.14. The molecule has 4 fully saturated rings. The molecule has 1 N–H and O–H groups in total. The van der Waals surface area contributed by atoms with Crippen LogP contribution in [0, 0.1) is 11.7 Å². The number of amides is 1. The summed E-state index contributed by atoms with van der Waals surface area (Å²) in [5.41, 5.74) is 0.225. The third-order valence-corrected chi connectivity index (χ3v) is 7.44. The highest BCUT2D eigenvalue weighted by molar-refractivity contribution is 7.20. The van der Waals surface area contributed by atoms with Gasteiger partial charge in [-0.3, -0.25) is 9.69 Å². The minimum atomic E-state index is -0.441. The van der Waals surface area contributed by atoms with Gasteiger partial charge in [0.2, 0.25) is 0 Å². The van der Waals surface area contributed by atoms with Crippen molar-refractivity contribution in [3.63, 3.8) is 0 Å². The summed E-state index contributed by atoms with van der Waals surface area (Å²) in [6.07, 6.45) is 4.75. The van der Waals surface area contributed by atoms with E-state index in [9.17, 15) is 9.18 Å². The van der Waals surface area contributed by atoms with Gasteiger partial charge in [0.05, 0.1) is 15.9 Å². The zero-order valence-corrected chi connectivity index (χ0v) is 14.7. The van der Waals surface area contributed by atoms with E-state index in [1.54, 1.807) is 12.1 Å². The zero-order valence-electron chi connectivity index (χ0n) is 13.1. The van der Waals surface area contributed by atoms with Gasteiger partial charge in [0, 0.05) is 10.2 Å². The predicted molar refractivity (Wildman–Crippen MR) is 94.3 cm³/mol. The van der Waals surface area contributed by atoms with Crippen molar-refractivity contribution in [3.8, 4) is 0 Å². The second-order valence-corrected chi connectivity index (χ2v) is 8.78. The maximum Gasteiger partial charge on any atom is 0.261 e. The van der Waals surface area contributed by atoms with Crippen LogP contribution in [0.4, 0.5) is 4.39 Å². The van der Waals surface area contributed by atoms with Crippen molar-refractivity contribution in [2.45, 2.75) is 37.3 Å². The number of carbonyl (C=O) groups excluding carboxylic acids is 1. The number of nitrogens with zero attached hydrogens (tertiary/aromatic N) is 1. The molecule has 126 valence electrons. The standard InChI is InChI=1S/C18H18ClFN2OS/c19-12-9-14-11(7-13(12)20)8-15(24-14)17(23)21-16-10-1-5-22(6-2-10)18(16)3-4-18/h7-10,16H,1-6H2,(H,21,23)/t16-/m0/s1. The van der Waals surface area contributed by atoms with E-state index >= 15 is 0 Å². The fourth-order valence-electron chi connectivity index (χ4n) is 4.68. The van der Waals surface area contributed by atoms with Gasteiger partial charge in [-0.25, -0.2) is 4.39 Å². The van der Waals surface area contributed by atoms with Crippen LogP contribution >= 0.6 is 22.9 Å². The number of nitrogens with one attached hydrogen (secondary N) is 1. The van der Waals surface area contributed by atoms with Crippen LogP contribution in [-0.2, 0) is 0 Å². The van der Waals surface area contributed by atoms with E-state index in [1.165, 1.54) is 56.2 Å². The van der Waals surface area contributed by atoms with Crippen molar-refractivity contribution in [1.29, 1.82) is 0 Å². The summed E-state index contributed by atoms with van der Waals surface area (Å²) in [4.78, 5) is 16.0. The SMILES string of the molecule is O=C(N[C@H]1C2CCN(CC2)C12CC2)c1cc2cc(F)c(Cl)cc2s1. The summed E-state index contributed by atoms with van der Waals surface area (Å²) >= 11 is 7.23. The number of carbonyl (C=O) groups is 1. The Kier molecular flexibility index (Phi) is 3.25. The van der Waals surface area contributed by atoms with E-state index in [-0.39, 0.29) is 22.5 Å². The van der Waals surface area contributed by atoms with Crippen molar-refractivity contribution in [1.82, 2.24) is 10.2 Å². The summed E-state index contributed by atoms with van der Waals surface area (Å²) in [6, 6.07) is 5.04. The fourth-order valence-corrected chi connectivity index (χ4v) is 5.89.